The van der Waals surface area contributed by atoms with Crippen LogP contribution in [0.2, 0.25) is 5.02 Å². The van der Waals surface area contributed by atoms with E-state index in [2.05, 4.69) is 4.98 Å². The summed E-state index contributed by atoms with van der Waals surface area (Å²) in [6.45, 7) is 0. The summed E-state index contributed by atoms with van der Waals surface area (Å²) >= 11 is 19.0. The number of thioether (sulfide) groups is 1. The number of halogens is 2. The highest BCUT2D eigenvalue weighted by Crippen LogP contribution is 2.42. The molecule has 0 fully saturated rings. The molecule has 0 aliphatic heterocycles. The van der Waals surface area contributed by atoms with Crippen molar-refractivity contribution in [3.8, 4) is 0 Å². The molecule has 1 aromatic carbocycles. The smallest absolute Gasteiger partial charge is 0.220 e. The molecule has 1 heterocycles. The largest absolute Gasteiger partial charge is 0.482 e. The molecule has 2 aromatic rings. The molecule has 0 aliphatic rings. The number of aromatic nitrogens is 2. The molecule has 2 unspecified atom stereocenters. The molecular weight excluding hydrogens is 335 g/mol. The van der Waals surface area contributed by atoms with Crippen LogP contribution in [0.25, 0.3) is 0 Å². The number of rotatable bonds is 4. The highest BCUT2D eigenvalue weighted by molar-refractivity contribution is 8.22. The molecule has 106 valence electrons. The number of alkyl halides is 1. The molecule has 0 bridgehead atoms. The summed E-state index contributed by atoms with van der Waals surface area (Å²) in [5.74, 6) is 0. The lowest BCUT2D eigenvalue weighted by Gasteiger charge is -2.23. The number of hydrogen-bond acceptors (Lipinski definition) is 4. The fourth-order valence-electron chi connectivity index (χ4n) is 1.66. The van der Waals surface area contributed by atoms with Gasteiger partial charge in [0, 0.05) is 17.4 Å². The average Bonchev–Trinajstić information content (AvgIpc) is 2.99. The molecule has 0 amide bonds. The first kappa shape index (κ1) is 15.6. The topological polar surface area (TPSA) is 27.1 Å². The van der Waals surface area contributed by atoms with Crippen LogP contribution in [0.15, 0.2) is 43.0 Å². The Labute approximate surface area is 137 Å². The molecular formula is C13H12Cl2N2OS2. The average molecular weight is 347 g/mol. The standard InChI is InChI=1S/C13H12Cl2N2OS2/c1-18-13(19)20-11(9-2-4-10(14)5-3-9)12(15)17-7-6-16-8-17/h2-8,11-12H,1H3. The zero-order chi connectivity index (χ0) is 14.5. The summed E-state index contributed by atoms with van der Waals surface area (Å²) in [5, 5.41) is 0.580. The third kappa shape index (κ3) is 3.88. The van der Waals surface area contributed by atoms with E-state index in [4.69, 9.17) is 40.2 Å². The van der Waals surface area contributed by atoms with Crippen LogP contribution in [0, 0.1) is 0 Å². The minimum atomic E-state index is -0.336. The van der Waals surface area contributed by atoms with E-state index in [1.165, 1.54) is 11.8 Å². The number of methoxy groups -OCH3 is 1. The van der Waals surface area contributed by atoms with Gasteiger partial charge in [-0.05, 0) is 29.9 Å². The van der Waals surface area contributed by atoms with Crippen LogP contribution in [0.4, 0.5) is 0 Å². The Bertz CT molecular complexity index is 560. The predicted octanol–water partition coefficient (Wildman–Crippen LogP) is 4.68. The Morgan fingerprint density at radius 1 is 1.40 bits per heavy atom. The summed E-state index contributed by atoms with van der Waals surface area (Å²) in [6, 6.07) is 7.53. The van der Waals surface area contributed by atoms with Gasteiger partial charge < -0.3 is 9.30 Å². The minimum absolute atomic E-state index is 0.101. The van der Waals surface area contributed by atoms with E-state index in [-0.39, 0.29) is 10.8 Å². The van der Waals surface area contributed by atoms with Gasteiger partial charge in [-0.3, -0.25) is 0 Å². The number of thiocarbonyl (C=S) groups is 1. The normalized spacial score (nSPS) is 13.8. The van der Waals surface area contributed by atoms with E-state index >= 15 is 0 Å². The lowest BCUT2D eigenvalue weighted by Crippen LogP contribution is -2.11. The number of nitrogens with zero attached hydrogens (tertiary/aromatic N) is 2. The summed E-state index contributed by atoms with van der Waals surface area (Å²) in [5.41, 5.74) is 0.685. The molecule has 2 atom stereocenters. The van der Waals surface area contributed by atoms with Gasteiger partial charge in [-0.15, -0.1) is 0 Å². The van der Waals surface area contributed by atoms with Crippen LogP contribution >= 0.6 is 47.2 Å². The Kier molecular flexibility index (Phi) is 5.72. The van der Waals surface area contributed by atoms with Gasteiger partial charge >= 0.3 is 0 Å². The maximum atomic E-state index is 6.54. The summed E-state index contributed by atoms with van der Waals surface area (Å²) < 4.78 is 7.34. The SMILES string of the molecule is COC(=S)SC(c1ccc(Cl)cc1)C(Cl)n1ccnc1. The number of imidazole rings is 1. The third-order valence-corrected chi connectivity index (χ3v) is 5.12. The van der Waals surface area contributed by atoms with Gasteiger partial charge in [0.2, 0.25) is 4.38 Å². The van der Waals surface area contributed by atoms with Gasteiger partial charge in [0.05, 0.1) is 18.7 Å². The zero-order valence-corrected chi connectivity index (χ0v) is 13.7. The van der Waals surface area contributed by atoms with E-state index in [0.717, 1.165) is 5.56 Å². The Morgan fingerprint density at radius 3 is 2.65 bits per heavy atom. The number of ether oxygens (including phenoxy) is 1. The number of hydrogen-bond donors (Lipinski definition) is 0. The van der Waals surface area contributed by atoms with Crippen LogP contribution in [0.1, 0.15) is 16.3 Å². The molecule has 1 aromatic heterocycles. The van der Waals surface area contributed by atoms with E-state index in [9.17, 15) is 0 Å². The van der Waals surface area contributed by atoms with Gasteiger partial charge in [-0.1, -0.05) is 47.1 Å². The summed E-state index contributed by atoms with van der Waals surface area (Å²) in [6.07, 6.45) is 5.18. The molecule has 0 spiro atoms. The first-order valence-electron chi connectivity index (χ1n) is 5.73. The molecule has 20 heavy (non-hydrogen) atoms. The van der Waals surface area contributed by atoms with Crippen molar-refractivity contribution >= 4 is 51.6 Å². The highest BCUT2D eigenvalue weighted by Gasteiger charge is 2.25. The predicted molar refractivity (Wildman–Crippen MR) is 88.5 cm³/mol. The molecule has 0 radical (unpaired) electrons. The van der Waals surface area contributed by atoms with Crippen LogP contribution in [-0.2, 0) is 4.74 Å². The zero-order valence-electron chi connectivity index (χ0n) is 10.6. The van der Waals surface area contributed by atoms with Crippen LogP contribution in [0.3, 0.4) is 0 Å². The number of benzene rings is 1. The van der Waals surface area contributed by atoms with Gasteiger partial charge in [0.25, 0.3) is 0 Å². The molecule has 0 saturated carbocycles. The monoisotopic (exact) mass is 346 g/mol. The summed E-state index contributed by atoms with van der Waals surface area (Å²) in [7, 11) is 1.55. The molecule has 7 heteroatoms. The third-order valence-electron chi connectivity index (χ3n) is 2.65. The molecule has 0 N–H and O–H groups in total. The Morgan fingerprint density at radius 2 is 2.10 bits per heavy atom. The fraction of sp³-hybridized carbons (Fsp3) is 0.231. The molecule has 2 rings (SSSR count). The van der Waals surface area contributed by atoms with E-state index in [1.54, 1.807) is 19.6 Å². The van der Waals surface area contributed by atoms with Gasteiger partial charge in [-0.2, -0.15) is 0 Å². The maximum Gasteiger partial charge on any atom is 0.220 e. The summed E-state index contributed by atoms with van der Waals surface area (Å²) in [4.78, 5) is 4.02. The lowest BCUT2D eigenvalue weighted by atomic mass is 10.1. The fourth-order valence-corrected chi connectivity index (χ4v) is 3.36. The van der Waals surface area contributed by atoms with Crippen molar-refractivity contribution in [1.82, 2.24) is 9.55 Å². The minimum Gasteiger partial charge on any atom is -0.482 e. The van der Waals surface area contributed by atoms with Gasteiger partial charge in [0.15, 0.2) is 0 Å². The second kappa shape index (κ2) is 7.31. The quantitative estimate of drug-likeness (QED) is 0.593. The van der Waals surface area contributed by atoms with Crippen molar-refractivity contribution in [3.05, 3.63) is 53.6 Å². The first-order valence-corrected chi connectivity index (χ1v) is 7.83. The van der Waals surface area contributed by atoms with Crippen molar-refractivity contribution in [3.63, 3.8) is 0 Å². The van der Waals surface area contributed by atoms with Crippen molar-refractivity contribution in [2.24, 2.45) is 0 Å². The van der Waals surface area contributed by atoms with Crippen LogP contribution in [-0.4, -0.2) is 21.0 Å². The van der Waals surface area contributed by atoms with Crippen molar-refractivity contribution < 1.29 is 4.74 Å². The Balaban J connectivity index is 2.28. The van der Waals surface area contributed by atoms with E-state index in [0.29, 0.717) is 9.41 Å². The molecule has 3 nitrogen and oxygen atoms in total. The molecule has 0 aliphatic carbocycles. The first-order chi connectivity index (χ1) is 9.61. The lowest BCUT2D eigenvalue weighted by molar-refractivity contribution is 0.426. The maximum absolute atomic E-state index is 6.54. The molecule has 0 saturated heterocycles. The van der Waals surface area contributed by atoms with Crippen molar-refractivity contribution in [2.45, 2.75) is 10.8 Å². The van der Waals surface area contributed by atoms with Gasteiger partial charge in [0.1, 0.15) is 5.50 Å². The van der Waals surface area contributed by atoms with Crippen molar-refractivity contribution in [1.29, 1.82) is 0 Å². The van der Waals surface area contributed by atoms with Crippen molar-refractivity contribution in [2.75, 3.05) is 7.11 Å². The van der Waals surface area contributed by atoms with Gasteiger partial charge in [-0.25, -0.2) is 4.98 Å². The van der Waals surface area contributed by atoms with Crippen LogP contribution in [0.5, 0.6) is 0 Å². The second-order valence-corrected chi connectivity index (χ2v) is 6.55. The van der Waals surface area contributed by atoms with Crippen LogP contribution < -0.4 is 0 Å². The second-order valence-electron chi connectivity index (χ2n) is 3.93. The highest BCUT2D eigenvalue weighted by atomic mass is 35.5. The Hall–Kier alpha value is -0.750. The van der Waals surface area contributed by atoms with E-state index < -0.39 is 0 Å². The van der Waals surface area contributed by atoms with E-state index in [1.807, 2.05) is 35.0 Å².